The van der Waals surface area contributed by atoms with Crippen molar-refractivity contribution in [1.29, 1.82) is 0 Å². The number of aromatic nitrogens is 2. The minimum absolute atomic E-state index is 0.0917. The Kier molecular flexibility index (Phi) is 2.06. The summed E-state index contributed by atoms with van der Waals surface area (Å²) >= 11 is 1.70. The fourth-order valence-corrected chi connectivity index (χ4v) is 1.92. The monoisotopic (exact) mass is 194 g/mol. The van der Waals surface area contributed by atoms with Crippen molar-refractivity contribution in [1.82, 2.24) is 9.55 Å². The topological polar surface area (TPSA) is 38.0 Å². The average Bonchev–Trinajstić information content (AvgIpc) is 2.63. The molecule has 13 heavy (non-hydrogen) atoms. The number of rotatable bonds is 2. The predicted octanol–water partition coefficient (Wildman–Crippen LogP) is 1.78. The molecule has 2 aromatic rings. The van der Waals surface area contributed by atoms with Crippen LogP contribution in [0.15, 0.2) is 23.7 Å². The Bertz CT molecular complexity index is 392. The molecule has 0 bridgehead atoms. The van der Waals surface area contributed by atoms with Crippen molar-refractivity contribution in [2.24, 2.45) is 7.05 Å². The predicted molar refractivity (Wildman–Crippen MR) is 52.0 cm³/mol. The van der Waals surface area contributed by atoms with Gasteiger partial charge in [-0.05, 0) is 11.4 Å². The highest BCUT2D eigenvalue weighted by Crippen LogP contribution is 2.15. The molecule has 2 aromatic heterocycles. The zero-order valence-electron chi connectivity index (χ0n) is 7.27. The van der Waals surface area contributed by atoms with Crippen molar-refractivity contribution in [3.63, 3.8) is 0 Å². The zero-order valence-corrected chi connectivity index (χ0v) is 8.08. The van der Waals surface area contributed by atoms with E-state index in [4.69, 9.17) is 5.11 Å². The Morgan fingerprint density at radius 3 is 3.00 bits per heavy atom. The standard InChI is InChI=1S/C9H10N2OS/c1-11-6-9(12)10-8(11)5-7-3-2-4-13-7/h2-4,6,12H,5H2,1H3. The van der Waals surface area contributed by atoms with Crippen LogP contribution < -0.4 is 0 Å². The summed E-state index contributed by atoms with van der Waals surface area (Å²) in [7, 11) is 1.88. The van der Waals surface area contributed by atoms with Gasteiger partial charge in [0.2, 0.25) is 5.88 Å². The summed E-state index contributed by atoms with van der Waals surface area (Å²) in [5, 5.41) is 11.2. The summed E-state index contributed by atoms with van der Waals surface area (Å²) in [6.07, 6.45) is 2.40. The van der Waals surface area contributed by atoms with Crippen LogP contribution in [-0.4, -0.2) is 14.7 Å². The van der Waals surface area contributed by atoms with E-state index in [9.17, 15) is 0 Å². The molecule has 0 radical (unpaired) electrons. The Morgan fingerprint density at radius 2 is 2.46 bits per heavy atom. The normalized spacial score (nSPS) is 10.5. The number of hydrogen-bond donors (Lipinski definition) is 1. The van der Waals surface area contributed by atoms with Gasteiger partial charge in [0.15, 0.2) is 0 Å². The van der Waals surface area contributed by atoms with Crippen molar-refractivity contribution < 1.29 is 5.11 Å². The van der Waals surface area contributed by atoms with Gasteiger partial charge in [-0.1, -0.05) is 6.07 Å². The molecule has 0 aliphatic heterocycles. The largest absolute Gasteiger partial charge is 0.492 e. The second kappa shape index (κ2) is 3.22. The van der Waals surface area contributed by atoms with E-state index in [1.807, 2.05) is 23.1 Å². The number of nitrogens with zero attached hydrogens (tertiary/aromatic N) is 2. The first kappa shape index (κ1) is 8.31. The van der Waals surface area contributed by atoms with E-state index in [1.54, 1.807) is 17.5 Å². The van der Waals surface area contributed by atoms with E-state index in [1.165, 1.54) is 4.88 Å². The number of hydrogen-bond acceptors (Lipinski definition) is 3. The Balaban J connectivity index is 2.23. The molecule has 68 valence electrons. The lowest BCUT2D eigenvalue weighted by Crippen LogP contribution is -1.96. The molecule has 0 aliphatic rings. The fourth-order valence-electron chi connectivity index (χ4n) is 1.22. The number of thiophene rings is 1. The number of imidazole rings is 1. The average molecular weight is 194 g/mol. The second-order valence-electron chi connectivity index (χ2n) is 2.88. The Hall–Kier alpha value is -1.29. The molecule has 0 saturated heterocycles. The molecule has 0 aliphatic carbocycles. The quantitative estimate of drug-likeness (QED) is 0.791. The molecular weight excluding hydrogens is 184 g/mol. The summed E-state index contributed by atoms with van der Waals surface area (Å²) in [6.45, 7) is 0. The van der Waals surface area contributed by atoms with Gasteiger partial charge in [-0.15, -0.1) is 11.3 Å². The number of aromatic hydroxyl groups is 1. The van der Waals surface area contributed by atoms with E-state index in [0.29, 0.717) is 0 Å². The molecule has 0 fully saturated rings. The van der Waals surface area contributed by atoms with Gasteiger partial charge < -0.3 is 9.67 Å². The van der Waals surface area contributed by atoms with E-state index >= 15 is 0 Å². The van der Waals surface area contributed by atoms with Crippen LogP contribution >= 0.6 is 11.3 Å². The van der Waals surface area contributed by atoms with Crippen molar-refractivity contribution in [2.45, 2.75) is 6.42 Å². The van der Waals surface area contributed by atoms with Crippen LogP contribution in [0, 0.1) is 0 Å². The van der Waals surface area contributed by atoms with Crippen LogP contribution in [0.25, 0.3) is 0 Å². The highest BCUT2D eigenvalue weighted by atomic mass is 32.1. The van der Waals surface area contributed by atoms with Crippen molar-refractivity contribution in [3.05, 3.63) is 34.4 Å². The molecule has 3 nitrogen and oxygen atoms in total. The van der Waals surface area contributed by atoms with E-state index in [0.717, 1.165) is 12.2 Å². The molecule has 0 aromatic carbocycles. The van der Waals surface area contributed by atoms with Gasteiger partial charge in [0.05, 0.1) is 6.20 Å². The van der Waals surface area contributed by atoms with Gasteiger partial charge in [0.25, 0.3) is 0 Å². The maximum atomic E-state index is 9.13. The third-order valence-corrected chi connectivity index (χ3v) is 2.75. The molecule has 0 atom stereocenters. The molecule has 2 heterocycles. The van der Waals surface area contributed by atoms with Gasteiger partial charge in [-0.25, -0.2) is 0 Å². The van der Waals surface area contributed by atoms with Crippen LogP contribution in [0.1, 0.15) is 10.7 Å². The second-order valence-corrected chi connectivity index (χ2v) is 3.91. The highest BCUT2D eigenvalue weighted by molar-refractivity contribution is 7.09. The van der Waals surface area contributed by atoms with Gasteiger partial charge in [0, 0.05) is 18.3 Å². The van der Waals surface area contributed by atoms with Crippen LogP contribution in [0.5, 0.6) is 5.88 Å². The molecule has 0 saturated carbocycles. The van der Waals surface area contributed by atoms with Gasteiger partial charge in [-0.2, -0.15) is 4.98 Å². The first-order chi connectivity index (χ1) is 6.25. The van der Waals surface area contributed by atoms with Gasteiger partial charge in [0.1, 0.15) is 5.82 Å². The summed E-state index contributed by atoms with van der Waals surface area (Å²) in [4.78, 5) is 5.27. The zero-order chi connectivity index (χ0) is 9.26. The van der Waals surface area contributed by atoms with Gasteiger partial charge in [-0.3, -0.25) is 0 Å². The van der Waals surface area contributed by atoms with Crippen molar-refractivity contribution in [2.75, 3.05) is 0 Å². The van der Waals surface area contributed by atoms with E-state index < -0.39 is 0 Å². The molecule has 0 unspecified atom stereocenters. The lowest BCUT2D eigenvalue weighted by atomic mass is 10.3. The Labute approximate surface area is 80.3 Å². The van der Waals surface area contributed by atoms with Crippen LogP contribution in [-0.2, 0) is 13.5 Å². The first-order valence-corrected chi connectivity index (χ1v) is 4.87. The molecular formula is C9H10N2OS. The molecule has 4 heteroatoms. The van der Waals surface area contributed by atoms with Gasteiger partial charge >= 0.3 is 0 Å². The van der Waals surface area contributed by atoms with E-state index in [2.05, 4.69) is 11.1 Å². The van der Waals surface area contributed by atoms with Crippen molar-refractivity contribution in [3.8, 4) is 5.88 Å². The minimum atomic E-state index is 0.0917. The maximum Gasteiger partial charge on any atom is 0.229 e. The van der Waals surface area contributed by atoms with Crippen molar-refractivity contribution >= 4 is 11.3 Å². The lowest BCUT2D eigenvalue weighted by Gasteiger charge is -1.97. The summed E-state index contributed by atoms with van der Waals surface area (Å²) in [6, 6.07) is 4.08. The summed E-state index contributed by atoms with van der Waals surface area (Å²) in [5.41, 5.74) is 0. The van der Waals surface area contributed by atoms with Crippen LogP contribution in [0.3, 0.4) is 0 Å². The first-order valence-electron chi connectivity index (χ1n) is 3.99. The maximum absolute atomic E-state index is 9.13. The number of aryl methyl sites for hydroxylation is 1. The van der Waals surface area contributed by atoms with Crippen LogP contribution in [0.2, 0.25) is 0 Å². The third kappa shape index (κ3) is 1.72. The van der Waals surface area contributed by atoms with Crippen LogP contribution in [0.4, 0.5) is 0 Å². The van der Waals surface area contributed by atoms with E-state index in [-0.39, 0.29) is 5.88 Å². The minimum Gasteiger partial charge on any atom is -0.492 e. The molecule has 1 N–H and O–H groups in total. The third-order valence-electron chi connectivity index (χ3n) is 1.87. The Morgan fingerprint density at radius 1 is 1.62 bits per heavy atom. The summed E-state index contributed by atoms with van der Waals surface area (Å²) < 4.78 is 1.84. The summed E-state index contributed by atoms with van der Waals surface area (Å²) in [5.74, 6) is 0.981. The fraction of sp³-hybridized carbons (Fsp3) is 0.222. The highest BCUT2D eigenvalue weighted by Gasteiger charge is 2.04. The smallest absolute Gasteiger partial charge is 0.229 e. The molecule has 2 rings (SSSR count). The lowest BCUT2D eigenvalue weighted by molar-refractivity contribution is 0.455. The SMILES string of the molecule is Cn1cc(O)nc1Cc1cccs1. The molecule has 0 spiro atoms. The molecule has 0 amide bonds.